The number of rotatable bonds is 5. The summed E-state index contributed by atoms with van der Waals surface area (Å²) in [7, 11) is -1.53. The second-order valence-electron chi connectivity index (χ2n) is 6.57. The van der Waals surface area contributed by atoms with Crippen molar-refractivity contribution in [2.45, 2.75) is 19.4 Å². The molecule has 0 unspecified atom stereocenters. The van der Waals surface area contributed by atoms with Gasteiger partial charge in [-0.2, -0.15) is 5.10 Å². The van der Waals surface area contributed by atoms with Crippen LogP contribution in [0, 0.1) is 5.92 Å². The largest absolute Gasteiger partial charge is 0.497 e. The Kier molecular flexibility index (Phi) is 5.43. The summed E-state index contributed by atoms with van der Waals surface area (Å²) in [5.41, 5.74) is 1.49. The number of benzene rings is 1. The van der Waals surface area contributed by atoms with E-state index in [0.717, 1.165) is 29.8 Å². The minimum absolute atomic E-state index is 0.146. The summed E-state index contributed by atoms with van der Waals surface area (Å²) in [5.74, 6) is 1.00. The number of piperidine rings is 1. The lowest BCUT2D eigenvalue weighted by Crippen LogP contribution is -2.39. The fraction of sp³-hybridized carbons (Fsp3) is 0.444. The van der Waals surface area contributed by atoms with Crippen LogP contribution in [0.2, 0.25) is 0 Å². The quantitative estimate of drug-likeness (QED) is 0.790. The maximum absolute atomic E-state index is 12.2. The summed E-state index contributed by atoms with van der Waals surface area (Å²) < 4.78 is 31.3. The highest BCUT2D eigenvalue weighted by Crippen LogP contribution is 2.22. The minimum atomic E-state index is -3.14. The Balaban J connectivity index is 1.73. The first kappa shape index (κ1) is 18.6. The van der Waals surface area contributed by atoms with E-state index < -0.39 is 10.0 Å². The van der Waals surface area contributed by atoms with Gasteiger partial charge in [0.25, 0.3) is 5.56 Å². The molecule has 0 saturated carbocycles. The average Bonchev–Trinajstić information content (AvgIpc) is 2.63. The van der Waals surface area contributed by atoms with E-state index in [1.54, 1.807) is 13.2 Å². The van der Waals surface area contributed by atoms with Crippen LogP contribution < -0.4 is 10.3 Å². The third-order valence-corrected chi connectivity index (χ3v) is 6.03. The van der Waals surface area contributed by atoms with Crippen molar-refractivity contribution in [2.75, 3.05) is 26.5 Å². The average molecular weight is 377 g/mol. The van der Waals surface area contributed by atoms with Gasteiger partial charge in [-0.05, 0) is 49.1 Å². The van der Waals surface area contributed by atoms with Gasteiger partial charge >= 0.3 is 0 Å². The zero-order chi connectivity index (χ0) is 18.7. The van der Waals surface area contributed by atoms with E-state index in [1.165, 1.54) is 21.3 Å². The topological polar surface area (TPSA) is 81.5 Å². The highest BCUT2D eigenvalue weighted by atomic mass is 32.2. The van der Waals surface area contributed by atoms with Crippen molar-refractivity contribution in [3.8, 4) is 17.0 Å². The number of hydrogen-bond acceptors (Lipinski definition) is 5. The molecule has 1 aromatic heterocycles. The minimum Gasteiger partial charge on any atom is -0.497 e. The molecule has 0 bridgehead atoms. The molecule has 0 N–H and O–H groups in total. The molecule has 0 aliphatic carbocycles. The van der Waals surface area contributed by atoms with Crippen LogP contribution in [-0.2, 0) is 16.6 Å². The molecule has 2 aromatic rings. The van der Waals surface area contributed by atoms with Crippen LogP contribution in [0.3, 0.4) is 0 Å². The van der Waals surface area contributed by atoms with E-state index in [4.69, 9.17) is 4.74 Å². The number of ether oxygens (including phenoxy) is 1. The first-order valence-electron chi connectivity index (χ1n) is 8.54. The molecular weight excluding hydrogens is 354 g/mol. The molecule has 1 aliphatic heterocycles. The van der Waals surface area contributed by atoms with Crippen LogP contribution >= 0.6 is 0 Å². The van der Waals surface area contributed by atoms with Gasteiger partial charge in [-0.15, -0.1) is 0 Å². The van der Waals surface area contributed by atoms with Gasteiger partial charge in [0, 0.05) is 31.3 Å². The van der Waals surface area contributed by atoms with E-state index in [2.05, 4.69) is 5.10 Å². The van der Waals surface area contributed by atoms with Crippen molar-refractivity contribution in [3.63, 3.8) is 0 Å². The maximum Gasteiger partial charge on any atom is 0.266 e. The third-order valence-electron chi connectivity index (χ3n) is 4.73. The Hall–Kier alpha value is -2.19. The number of nitrogens with zero attached hydrogens (tertiary/aromatic N) is 3. The van der Waals surface area contributed by atoms with Crippen molar-refractivity contribution < 1.29 is 13.2 Å². The highest BCUT2D eigenvalue weighted by molar-refractivity contribution is 7.88. The molecule has 0 amide bonds. The Morgan fingerprint density at radius 2 is 1.77 bits per heavy atom. The lowest BCUT2D eigenvalue weighted by Gasteiger charge is -2.30. The van der Waals surface area contributed by atoms with Gasteiger partial charge < -0.3 is 4.74 Å². The molecule has 26 heavy (non-hydrogen) atoms. The standard InChI is InChI=1S/C18H23N3O4S/c1-25-16-5-3-15(4-6-16)17-7-8-18(22)21(19-17)13-14-9-11-20(12-10-14)26(2,23)24/h3-8,14H,9-13H2,1-2H3. The summed E-state index contributed by atoms with van der Waals surface area (Å²) in [4.78, 5) is 12.2. The van der Waals surface area contributed by atoms with Crippen molar-refractivity contribution >= 4 is 10.0 Å². The van der Waals surface area contributed by atoms with Gasteiger partial charge in [-0.25, -0.2) is 17.4 Å². The summed E-state index contributed by atoms with van der Waals surface area (Å²) in [5, 5.41) is 4.49. The van der Waals surface area contributed by atoms with Crippen LogP contribution in [0.25, 0.3) is 11.3 Å². The third kappa shape index (κ3) is 4.31. The van der Waals surface area contributed by atoms with Crippen molar-refractivity contribution in [2.24, 2.45) is 5.92 Å². The Morgan fingerprint density at radius 3 is 2.35 bits per heavy atom. The number of sulfonamides is 1. The van der Waals surface area contributed by atoms with Crippen LogP contribution in [0.4, 0.5) is 0 Å². The first-order chi connectivity index (χ1) is 12.4. The van der Waals surface area contributed by atoms with E-state index in [9.17, 15) is 13.2 Å². The zero-order valence-electron chi connectivity index (χ0n) is 15.0. The van der Waals surface area contributed by atoms with Gasteiger partial charge in [0.1, 0.15) is 5.75 Å². The van der Waals surface area contributed by atoms with Crippen LogP contribution in [-0.4, -0.2) is 49.0 Å². The molecule has 1 aromatic carbocycles. The number of aromatic nitrogens is 2. The normalized spacial score (nSPS) is 16.5. The van der Waals surface area contributed by atoms with Crippen LogP contribution in [0.15, 0.2) is 41.2 Å². The summed E-state index contributed by atoms with van der Waals surface area (Å²) in [6.07, 6.45) is 2.69. The molecular formula is C18H23N3O4S. The lowest BCUT2D eigenvalue weighted by molar-refractivity contribution is 0.245. The summed E-state index contributed by atoms with van der Waals surface area (Å²) in [6.45, 7) is 1.49. The van der Waals surface area contributed by atoms with Crippen LogP contribution in [0.5, 0.6) is 5.75 Å². The molecule has 1 fully saturated rings. The van der Waals surface area contributed by atoms with Crippen molar-refractivity contribution in [3.05, 3.63) is 46.8 Å². The van der Waals surface area contributed by atoms with Crippen LogP contribution in [0.1, 0.15) is 12.8 Å². The van der Waals surface area contributed by atoms with Gasteiger partial charge in [0.05, 0.1) is 19.1 Å². The molecule has 3 rings (SSSR count). The highest BCUT2D eigenvalue weighted by Gasteiger charge is 2.25. The smallest absolute Gasteiger partial charge is 0.266 e. The molecule has 1 aliphatic rings. The Labute approximate surface area is 153 Å². The fourth-order valence-electron chi connectivity index (χ4n) is 3.16. The fourth-order valence-corrected chi connectivity index (χ4v) is 4.04. The molecule has 1 saturated heterocycles. The molecule has 0 spiro atoms. The van der Waals surface area contributed by atoms with E-state index in [1.807, 2.05) is 24.3 Å². The first-order valence-corrected chi connectivity index (χ1v) is 10.4. The molecule has 8 heteroatoms. The molecule has 0 atom stereocenters. The monoisotopic (exact) mass is 377 g/mol. The Morgan fingerprint density at radius 1 is 1.12 bits per heavy atom. The molecule has 140 valence electrons. The molecule has 0 radical (unpaired) electrons. The maximum atomic E-state index is 12.2. The molecule has 7 nitrogen and oxygen atoms in total. The van der Waals surface area contributed by atoms with Crippen molar-refractivity contribution in [1.29, 1.82) is 0 Å². The number of hydrogen-bond donors (Lipinski definition) is 0. The van der Waals surface area contributed by atoms with E-state index in [0.29, 0.717) is 19.6 Å². The van der Waals surface area contributed by atoms with Gasteiger partial charge in [0.15, 0.2) is 0 Å². The van der Waals surface area contributed by atoms with Gasteiger partial charge in [0.2, 0.25) is 10.0 Å². The zero-order valence-corrected chi connectivity index (χ0v) is 15.8. The molecule has 2 heterocycles. The van der Waals surface area contributed by atoms with E-state index >= 15 is 0 Å². The second-order valence-corrected chi connectivity index (χ2v) is 8.56. The van der Waals surface area contributed by atoms with Gasteiger partial charge in [-0.1, -0.05) is 0 Å². The number of methoxy groups -OCH3 is 1. The van der Waals surface area contributed by atoms with E-state index in [-0.39, 0.29) is 11.5 Å². The van der Waals surface area contributed by atoms with Crippen molar-refractivity contribution in [1.82, 2.24) is 14.1 Å². The summed E-state index contributed by atoms with van der Waals surface area (Å²) >= 11 is 0. The predicted molar refractivity (Wildman–Crippen MR) is 99.6 cm³/mol. The van der Waals surface area contributed by atoms with Gasteiger partial charge in [-0.3, -0.25) is 4.79 Å². The second kappa shape index (κ2) is 7.59. The lowest BCUT2D eigenvalue weighted by atomic mass is 9.98. The summed E-state index contributed by atoms with van der Waals surface area (Å²) in [6, 6.07) is 10.8. The SMILES string of the molecule is COc1ccc(-c2ccc(=O)n(CC3CCN(S(C)(=O)=O)CC3)n2)cc1. The Bertz CT molecular complexity index is 914. The predicted octanol–water partition coefficient (Wildman–Crippen LogP) is 1.59.